The first-order chi connectivity index (χ1) is 15.9. The molecule has 2 aromatic carbocycles. The topological polar surface area (TPSA) is 82.9 Å². The maximum atomic E-state index is 13.0. The Morgan fingerprint density at radius 2 is 1.73 bits per heavy atom. The number of hydrogen-bond acceptors (Lipinski definition) is 6. The van der Waals surface area contributed by atoms with Gasteiger partial charge >= 0.3 is 5.97 Å². The average Bonchev–Trinajstić information content (AvgIpc) is 2.82. The molecule has 0 spiro atoms. The summed E-state index contributed by atoms with van der Waals surface area (Å²) in [5, 5.41) is 9.63. The zero-order chi connectivity index (χ0) is 23.8. The number of anilines is 1. The van der Waals surface area contributed by atoms with Gasteiger partial charge in [0.05, 0.1) is 15.6 Å². The number of halogens is 2. The first-order valence-corrected chi connectivity index (χ1v) is 12.0. The lowest BCUT2D eigenvalue weighted by molar-refractivity contribution is -0.145. The van der Waals surface area contributed by atoms with Crippen molar-refractivity contribution in [1.82, 2.24) is 4.90 Å². The van der Waals surface area contributed by atoms with Gasteiger partial charge in [0.15, 0.2) is 6.61 Å². The highest BCUT2D eigenvalue weighted by atomic mass is 79.9. The van der Waals surface area contributed by atoms with Crippen molar-refractivity contribution in [3.8, 4) is 11.8 Å². The van der Waals surface area contributed by atoms with Gasteiger partial charge in [-0.15, -0.1) is 0 Å². The Balaban J connectivity index is 1.68. The summed E-state index contributed by atoms with van der Waals surface area (Å²) in [7, 11) is 0. The molecule has 9 heteroatoms. The van der Waals surface area contributed by atoms with Gasteiger partial charge in [-0.2, -0.15) is 5.26 Å². The highest BCUT2D eigenvalue weighted by molar-refractivity contribution is 9.11. The van der Waals surface area contributed by atoms with Gasteiger partial charge in [0.25, 0.3) is 5.91 Å². The second kappa shape index (κ2) is 11.9. The van der Waals surface area contributed by atoms with Crippen molar-refractivity contribution in [3.05, 3.63) is 62.5 Å². The minimum Gasteiger partial charge on any atom is -0.480 e. The Morgan fingerprint density at radius 3 is 2.30 bits per heavy atom. The molecule has 1 fully saturated rings. The van der Waals surface area contributed by atoms with Crippen LogP contribution in [0.5, 0.6) is 5.75 Å². The SMILES string of the molecule is CCOC(=O)COc1c(Br)cc(/C=C(/C#N)C(=O)N2CCN(c3ccccc3)CC2)cc1Br. The van der Waals surface area contributed by atoms with Crippen LogP contribution in [0.4, 0.5) is 5.69 Å². The second-order valence-electron chi connectivity index (χ2n) is 7.19. The van der Waals surface area contributed by atoms with Crippen molar-refractivity contribution in [1.29, 1.82) is 5.26 Å². The lowest BCUT2D eigenvalue weighted by Gasteiger charge is -2.36. The van der Waals surface area contributed by atoms with Gasteiger partial charge in [-0.25, -0.2) is 4.79 Å². The Kier molecular flexibility index (Phi) is 8.92. The maximum absolute atomic E-state index is 13.0. The van der Waals surface area contributed by atoms with Gasteiger partial charge in [0, 0.05) is 31.9 Å². The van der Waals surface area contributed by atoms with Gasteiger partial charge in [-0.05, 0) is 74.7 Å². The van der Waals surface area contributed by atoms with Crippen LogP contribution in [-0.4, -0.2) is 56.2 Å². The first kappa shape index (κ1) is 24.8. The van der Waals surface area contributed by atoms with Crippen molar-refractivity contribution in [2.24, 2.45) is 0 Å². The van der Waals surface area contributed by atoms with Gasteiger partial charge in [-0.1, -0.05) is 18.2 Å². The molecular formula is C24H23Br2N3O4. The molecule has 0 aromatic heterocycles. The highest BCUT2D eigenvalue weighted by Crippen LogP contribution is 2.35. The van der Waals surface area contributed by atoms with E-state index in [1.54, 1.807) is 30.0 Å². The third kappa shape index (κ3) is 6.59. The van der Waals surface area contributed by atoms with Gasteiger partial charge in [0.1, 0.15) is 17.4 Å². The Labute approximate surface area is 209 Å². The van der Waals surface area contributed by atoms with Crippen LogP contribution < -0.4 is 9.64 Å². The smallest absolute Gasteiger partial charge is 0.344 e. The van der Waals surface area contributed by atoms with Gasteiger partial charge < -0.3 is 19.3 Å². The predicted molar refractivity (Wildman–Crippen MR) is 133 cm³/mol. The maximum Gasteiger partial charge on any atom is 0.344 e. The van der Waals surface area contributed by atoms with E-state index in [0.717, 1.165) is 5.69 Å². The van der Waals surface area contributed by atoms with E-state index in [2.05, 4.69) is 36.8 Å². The Morgan fingerprint density at radius 1 is 1.09 bits per heavy atom. The molecule has 0 atom stereocenters. The van der Waals surface area contributed by atoms with Gasteiger partial charge in [-0.3, -0.25) is 4.79 Å². The number of rotatable bonds is 7. The largest absolute Gasteiger partial charge is 0.480 e. The molecule has 0 saturated carbocycles. The van der Waals surface area contributed by atoms with E-state index < -0.39 is 5.97 Å². The summed E-state index contributed by atoms with van der Waals surface area (Å²) in [4.78, 5) is 28.4. The standard InChI is InChI=1S/C24H23Br2N3O4/c1-2-32-22(30)16-33-23-20(25)13-17(14-21(23)26)12-18(15-27)24(31)29-10-8-28(9-11-29)19-6-4-3-5-7-19/h3-7,12-14H,2,8-11,16H2,1H3/b18-12-. The summed E-state index contributed by atoms with van der Waals surface area (Å²) in [6.45, 7) is 4.28. The predicted octanol–water partition coefficient (Wildman–Crippen LogP) is 4.41. The fourth-order valence-electron chi connectivity index (χ4n) is 3.42. The Hall–Kier alpha value is -2.83. The zero-order valence-corrected chi connectivity index (χ0v) is 21.3. The molecule has 7 nitrogen and oxygen atoms in total. The van der Waals surface area contributed by atoms with E-state index in [-0.39, 0.29) is 24.7 Å². The third-order valence-corrected chi connectivity index (χ3v) is 6.19. The van der Waals surface area contributed by atoms with Crippen LogP contribution in [0.2, 0.25) is 0 Å². The van der Waals surface area contributed by atoms with Crippen LogP contribution in [0, 0.1) is 11.3 Å². The van der Waals surface area contributed by atoms with E-state index in [9.17, 15) is 14.9 Å². The van der Waals surface area contributed by atoms with Crippen LogP contribution in [0.15, 0.2) is 57.0 Å². The third-order valence-electron chi connectivity index (χ3n) is 5.01. The monoisotopic (exact) mass is 575 g/mol. The quantitative estimate of drug-likeness (QED) is 0.276. The summed E-state index contributed by atoms with van der Waals surface area (Å²) >= 11 is 6.84. The summed E-state index contributed by atoms with van der Waals surface area (Å²) in [6.07, 6.45) is 1.55. The molecule has 1 aliphatic heterocycles. The number of carbonyl (C=O) groups excluding carboxylic acids is 2. The number of nitrogens with zero attached hydrogens (tertiary/aromatic N) is 3. The van der Waals surface area contributed by atoms with Crippen molar-refractivity contribution >= 4 is 55.5 Å². The number of para-hydroxylation sites is 1. The molecule has 0 bridgehead atoms. The molecular weight excluding hydrogens is 554 g/mol. The number of benzene rings is 2. The fraction of sp³-hybridized carbons (Fsp3) is 0.292. The molecule has 3 rings (SSSR count). The second-order valence-corrected chi connectivity index (χ2v) is 8.90. The minimum atomic E-state index is -0.468. The number of esters is 1. The van der Waals surface area contributed by atoms with Crippen LogP contribution in [0.3, 0.4) is 0 Å². The molecule has 1 saturated heterocycles. The molecule has 0 unspecified atom stereocenters. The lowest BCUT2D eigenvalue weighted by atomic mass is 10.1. The molecule has 33 heavy (non-hydrogen) atoms. The van der Waals surface area contributed by atoms with Crippen LogP contribution >= 0.6 is 31.9 Å². The zero-order valence-electron chi connectivity index (χ0n) is 18.1. The summed E-state index contributed by atoms with van der Waals surface area (Å²) in [5.74, 6) is -0.327. The van der Waals surface area contributed by atoms with E-state index in [0.29, 0.717) is 46.4 Å². The molecule has 2 aromatic rings. The van der Waals surface area contributed by atoms with Gasteiger partial charge in [0.2, 0.25) is 0 Å². The lowest BCUT2D eigenvalue weighted by Crippen LogP contribution is -2.49. The summed E-state index contributed by atoms with van der Waals surface area (Å²) in [5.41, 5.74) is 1.83. The number of piperazine rings is 1. The molecule has 1 amide bonds. The van der Waals surface area contributed by atoms with E-state index in [1.165, 1.54) is 0 Å². The number of nitriles is 1. The van der Waals surface area contributed by atoms with Crippen molar-refractivity contribution in [3.63, 3.8) is 0 Å². The van der Waals surface area contributed by atoms with Crippen LogP contribution in [-0.2, 0) is 14.3 Å². The number of carbonyl (C=O) groups is 2. The fourth-order valence-corrected chi connectivity index (χ4v) is 4.87. The van der Waals surface area contributed by atoms with Crippen molar-refractivity contribution in [2.75, 3.05) is 44.3 Å². The first-order valence-electron chi connectivity index (χ1n) is 10.4. The number of hydrogen-bond donors (Lipinski definition) is 0. The number of ether oxygens (including phenoxy) is 2. The van der Waals surface area contributed by atoms with E-state index >= 15 is 0 Å². The molecule has 0 aliphatic carbocycles. The summed E-state index contributed by atoms with van der Waals surface area (Å²) in [6, 6.07) is 15.5. The van der Waals surface area contributed by atoms with E-state index in [1.807, 2.05) is 36.4 Å². The minimum absolute atomic E-state index is 0.0575. The highest BCUT2D eigenvalue weighted by Gasteiger charge is 2.24. The molecule has 0 N–H and O–H groups in total. The molecule has 0 radical (unpaired) electrons. The average molecular weight is 577 g/mol. The Bertz CT molecular complexity index is 1050. The molecule has 1 aliphatic rings. The van der Waals surface area contributed by atoms with Crippen LogP contribution in [0.1, 0.15) is 12.5 Å². The molecule has 1 heterocycles. The van der Waals surface area contributed by atoms with Crippen molar-refractivity contribution in [2.45, 2.75) is 6.92 Å². The molecule has 172 valence electrons. The van der Waals surface area contributed by atoms with E-state index in [4.69, 9.17) is 9.47 Å². The van der Waals surface area contributed by atoms with Crippen molar-refractivity contribution < 1.29 is 19.1 Å². The van der Waals surface area contributed by atoms with Crippen LogP contribution in [0.25, 0.3) is 6.08 Å². The number of amides is 1. The normalized spacial score (nSPS) is 13.9. The summed E-state index contributed by atoms with van der Waals surface area (Å²) < 4.78 is 11.5.